The summed E-state index contributed by atoms with van der Waals surface area (Å²) in [4.78, 5) is 39.2. The Kier molecular flexibility index (Phi) is 7.03. The van der Waals surface area contributed by atoms with Crippen molar-refractivity contribution in [2.24, 2.45) is 0 Å². The van der Waals surface area contributed by atoms with Crippen molar-refractivity contribution in [1.82, 2.24) is 5.32 Å². The highest BCUT2D eigenvalue weighted by Crippen LogP contribution is 2.36. The first kappa shape index (κ1) is 23.5. The molecule has 0 bridgehead atoms. The number of anilines is 1. The van der Waals surface area contributed by atoms with Crippen LogP contribution in [0.5, 0.6) is 11.5 Å². The summed E-state index contributed by atoms with van der Waals surface area (Å²) in [5, 5.41) is 2.25. The van der Waals surface area contributed by atoms with Gasteiger partial charge in [0.15, 0.2) is 11.5 Å². The first-order chi connectivity index (χ1) is 15.1. The molecule has 1 aliphatic rings. The van der Waals surface area contributed by atoms with Crippen molar-refractivity contribution in [2.45, 2.75) is 40.7 Å². The van der Waals surface area contributed by atoms with Crippen molar-refractivity contribution in [3.63, 3.8) is 0 Å². The molecule has 0 unspecified atom stereocenters. The van der Waals surface area contributed by atoms with E-state index in [0.717, 1.165) is 16.0 Å². The van der Waals surface area contributed by atoms with Crippen LogP contribution in [-0.4, -0.2) is 30.6 Å². The molecular weight excluding hydrogens is 476 g/mol. The molecule has 0 aromatic heterocycles. The highest BCUT2D eigenvalue weighted by atomic mass is 79.9. The Morgan fingerprint density at radius 3 is 2.28 bits per heavy atom. The number of rotatable bonds is 6. The molecule has 1 fully saturated rings. The summed E-state index contributed by atoms with van der Waals surface area (Å²) in [7, 11) is 0. The Morgan fingerprint density at radius 1 is 1.03 bits per heavy atom. The van der Waals surface area contributed by atoms with Crippen LogP contribution in [0.1, 0.15) is 37.5 Å². The molecule has 0 aliphatic carbocycles. The van der Waals surface area contributed by atoms with E-state index in [4.69, 9.17) is 9.47 Å². The van der Waals surface area contributed by atoms with Crippen LogP contribution in [0.2, 0.25) is 0 Å². The summed E-state index contributed by atoms with van der Waals surface area (Å²) in [6, 6.07) is 8.02. The number of hydrogen-bond acceptors (Lipinski definition) is 5. The second kappa shape index (κ2) is 9.56. The molecule has 1 saturated heterocycles. The van der Waals surface area contributed by atoms with Crippen LogP contribution in [0.25, 0.3) is 6.08 Å². The third-order valence-corrected chi connectivity index (χ3v) is 5.28. The lowest BCUT2D eigenvalue weighted by Gasteiger charge is -2.27. The average molecular weight is 501 g/mol. The second-order valence-electron chi connectivity index (χ2n) is 7.72. The van der Waals surface area contributed by atoms with Gasteiger partial charge in [0, 0.05) is 4.47 Å². The van der Waals surface area contributed by atoms with Gasteiger partial charge < -0.3 is 9.47 Å². The molecule has 0 radical (unpaired) electrons. The van der Waals surface area contributed by atoms with E-state index in [-0.39, 0.29) is 11.7 Å². The highest BCUT2D eigenvalue weighted by Gasteiger charge is 2.37. The fourth-order valence-electron chi connectivity index (χ4n) is 3.40. The minimum Gasteiger partial charge on any atom is -0.490 e. The molecule has 4 amide bonds. The van der Waals surface area contributed by atoms with E-state index in [2.05, 4.69) is 21.2 Å². The zero-order valence-electron chi connectivity index (χ0n) is 18.6. The van der Waals surface area contributed by atoms with Crippen molar-refractivity contribution in [2.75, 3.05) is 11.5 Å². The van der Waals surface area contributed by atoms with Gasteiger partial charge in [0.1, 0.15) is 5.57 Å². The summed E-state index contributed by atoms with van der Waals surface area (Å²) in [5.74, 6) is -0.423. The molecule has 32 heavy (non-hydrogen) atoms. The Labute approximate surface area is 195 Å². The van der Waals surface area contributed by atoms with E-state index in [1.165, 1.54) is 6.08 Å². The van der Waals surface area contributed by atoms with Gasteiger partial charge in [-0.3, -0.25) is 14.9 Å². The topological polar surface area (TPSA) is 84.9 Å². The van der Waals surface area contributed by atoms with Gasteiger partial charge in [-0.05, 0) is 81.7 Å². The molecule has 0 atom stereocenters. The smallest absolute Gasteiger partial charge is 0.335 e. The minimum absolute atomic E-state index is 0.0617. The second-order valence-corrected chi connectivity index (χ2v) is 8.58. The number of aryl methyl sites for hydroxylation is 2. The quantitative estimate of drug-likeness (QED) is 0.449. The predicted octanol–water partition coefficient (Wildman–Crippen LogP) is 4.92. The summed E-state index contributed by atoms with van der Waals surface area (Å²) >= 11 is 3.48. The average Bonchev–Trinajstić information content (AvgIpc) is 2.67. The lowest BCUT2D eigenvalue weighted by Crippen LogP contribution is -2.54. The van der Waals surface area contributed by atoms with Crippen LogP contribution < -0.4 is 19.7 Å². The number of imide groups is 2. The third kappa shape index (κ3) is 5.02. The number of urea groups is 1. The number of halogens is 1. The number of hydrogen-bond donors (Lipinski definition) is 1. The van der Waals surface area contributed by atoms with Crippen molar-refractivity contribution in [3.05, 3.63) is 57.1 Å². The van der Waals surface area contributed by atoms with Crippen LogP contribution in [0.4, 0.5) is 10.5 Å². The number of carbonyl (C=O) groups excluding carboxylic acids is 3. The molecule has 7 nitrogen and oxygen atoms in total. The first-order valence-corrected chi connectivity index (χ1v) is 11.0. The Morgan fingerprint density at radius 2 is 1.69 bits per heavy atom. The maximum absolute atomic E-state index is 13.2. The molecule has 1 heterocycles. The fraction of sp³-hybridized carbons (Fsp3) is 0.292. The molecule has 2 aromatic carbocycles. The van der Waals surface area contributed by atoms with Gasteiger partial charge in [-0.2, -0.15) is 0 Å². The normalized spacial score (nSPS) is 15.4. The minimum atomic E-state index is -0.781. The van der Waals surface area contributed by atoms with Gasteiger partial charge >= 0.3 is 6.03 Å². The van der Waals surface area contributed by atoms with E-state index in [1.54, 1.807) is 24.3 Å². The number of barbiturate groups is 1. The molecule has 2 aromatic rings. The molecule has 3 rings (SSSR count). The number of nitrogens with zero attached hydrogens (tertiary/aromatic N) is 1. The number of nitrogens with one attached hydrogen (secondary N) is 1. The van der Waals surface area contributed by atoms with Crippen molar-refractivity contribution >= 4 is 45.5 Å². The standard InChI is InChI=1S/C24H25BrN2O5/c1-6-31-20-11-16(19(25)12-21(20)32-13(2)3)10-18-22(28)26-24(30)27(23(18)29)17-8-14(4)7-15(5)9-17/h7-13H,6H2,1-5H3,(H,26,28,30)/b18-10+. The highest BCUT2D eigenvalue weighted by molar-refractivity contribution is 9.10. The van der Waals surface area contributed by atoms with E-state index >= 15 is 0 Å². The molecule has 168 valence electrons. The van der Waals surface area contributed by atoms with Gasteiger partial charge in [0.05, 0.1) is 18.4 Å². The summed E-state index contributed by atoms with van der Waals surface area (Å²) in [6.45, 7) is 9.83. The maximum atomic E-state index is 13.2. The Bertz CT molecular complexity index is 1100. The Hall–Kier alpha value is -3.13. The lowest BCUT2D eigenvalue weighted by molar-refractivity contribution is -0.122. The fourth-order valence-corrected chi connectivity index (χ4v) is 3.84. The summed E-state index contributed by atoms with van der Waals surface area (Å²) in [6.07, 6.45) is 1.37. The molecular formula is C24H25BrN2O5. The molecule has 8 heteroatoms. The number of ether oxygens (including phenoxy) is 2. The molecule has 1 N–H and O–H groups in total. The maximum Gasteiger partial charge on any atom is 0.335 e. The van der Waals surface area contributed by atoms with E-state index in [0.29, 0.717) is 33.8 Å². The van der Waals surface area contributed by atoms with Crippen molar-refractivity contribution in [1.29, 1.82) is 0 Å². The molecule has 1 aliphatic heterocycles. The molecule has 0 spiro atoms. The van der Waals surface area contributed by atoms with E-state index in [1.807, 2.05) is 40.7 Å². The largest absolute Gasteiger partial charge is 0.490 e. The Balaban J connectivity index is 2.06. The van der Waals surface area contributed by atoms with Gasteiger partial charge in [-0.15, -0.1) is 0 Å². The van der Waals surface area contributed by atoms with Crippen LogP contribution in [-0.2, 0) is 9.59 Å². The SMILES string of the molecule is CCOc1cc(/C=C2\C(=O)NC(=O)N(c3cc(C)cc(C)c3)C2=O)c(Br)cc1OC(C)C. The van der Waals surface area contributed by atoms with Crippen LogP contribution in [0.15, 0.2) is 40.4 Å². The van der Waals surface area contributed by atoms with E-state index in [9.17, 15) is 14.4 Å². The summed E-state index contributed by atoms with van der Waals surface area (Å²) < 4.78 is 12.1. The van der Waals surface area contributed by atoms with Gasteiger partial charge in [0.25, 0.3) is 11.8 Å². The number of amides is 4. The molecule has 0 saturated carbocycles. The van der Waals surface area contributed by atoms with Crippen LogP contribution in [0.3, 0.4) is 0 Å². The third-order valence-electron chi connectivity index (χ3n) is 4.59. The van der Waals surface area contributed by atoms with Crippen LogP contribution in [0, 0.1) is 13.8 Å². The van der Waals surface area contributed by atoms with Crippen LogP contribution >= 0.6 is 15.9 Å². The monoisotopic (exact) mass is 500 g/mol. The predicted molar refractivity (Wildman–Crippen MR) is 126 cm³/mol. The van der Waals surface area contributed by atoms with E-state index < -0.39 is 17.8 Å². The van der Waals surface area contributed by atoms with Gasteiger partial charge in [-0.25, -0.2) is 9.69 Å². The van der Waals surface area contributed by atoms with Crippen molar-refractivity contribution < 1.29 is 23.9 Å². The number of carbonyl (C=O) groups is 3. The zero-order chi connectivity index (χ0) is 23.6. The number of benzene rings is 2. The first-order valence-electron chi connectivity index (χ1n) is 10.2. The van der Waals surface area contributed by atoms with Gasteiger partial charge in [0.2, 0.25) is 0 Å². The van der Waals surface area contributed by atoms with Gasteiger partial charge in [-0.1, -0.05) is 22.0 Å². The summed E-state index contributed by atoms with van der Waals surface area (Å²) in [5.41, 5.74) is 2.57. The lowest BCUT2D eigenvalue weighted by atomic mass is 10.0. The van der Waals surface area contributed by atoms with Crippen molar-refractivity contribution in [3.8, 4) is 11.5 Å². The zero-order valence-corrected chi connectivity index (χ0v) is 20.2.